The molecule has 210 valence electrons. The third-order valence-electron chi connectivity index (χ3n) is 8.21. The van der Waals surface area contributed by atoms with Crippen molar-refractivity contribution < 1.29 is 17.9 Å². The van der Waals surface area contributed by atoms with Crippen molar-refractivity contribution in [2.45, 2.75) is 74.9 Å². The van der Waals surface area contributed by atoms with Crippen molar-refractivity contribution in [3.63, 3.8) is 0 Å². The number of rotatable bonds is 9. The largest absolute Gasteiger partial charge is 0.497 e. The van der Waals surface area contributed by atoms with Gasteiger partial charge in [-0.1, -0.05) is 44.4 Å². The van der Waals surface area contributed by atoms with Crippen molar-refractivity contribution in [3.8, 4) is 18.1 Å². The van der Waals surface area contributed by atoms with Gasteiger partial charge >= 0.3 is 0 Å². The Morgan fingerprint density at radius 3 is 2.58 bits per heavy atom. The average molecular weight is 578 g/mol. The number of methoxy groups -OCH3 is 1. The van der Waals surface area contributed by atoms with Crippen LogP contribution in [0.1, 0.15) is 83.7 Å². The molecule has 0 radical (unpaired) electrons. The molecule has 5 rings (SSSR count). The Balaban J connectivity index is 1.59. The molecule has 9 heteroatoms. The fourth-order valence-corrected chi connectivity index (χ4v) is 7.69. The molecule has 0 bridgehead atoms. The van der Waals surface area contributed by atoms with Gasteiger partial charge in [0.05, 0.1) is 18.0 Å². The minimum atomic E-state index is -3.60. The molecule has 1 aliphatic heterocycles. The first-order chi connectivity index (χ1) is 19.3. The predicted molar refractivity (Wildman–Crippen MR) is 157 cm³/mol. The highest BCUT2D eigenvalue weighted by molar-refractivity contribution is 7.89. The minimum absolute atomic E-state index is 0.0586. The summed E-state index contributed by atoms with van der Waals surface area (Å²) >= 11 is 1.28. The molecule has 0 saturated heterocycles. The van der Waals surface area contributed by atoms with Crippen molar-refractivity contribution >= 4 is 27.3 Å². The van der Waals surface area contributed by atoms with E-state index in [9.17, 15) is 13.2 Å². The molecule has 2 aromatic carbocycles. The summed E-state index contributed by atoms with van der Waals surface area (Å²) in [6, 6.07) is 12.6. The first kappa shape index (κ1) is 28.3. The number of thiazole rings is 1. The first-order valence-electron chi connectivity index (χ1n) is 13.8. The van der Waals surface area contributed by atoms with Crippen molar-refractivity contribution in [1.82, 2.24) is 14.2 Å². The van der Waals surface area contributed by atoms with Crippen molar-refractivity contribution in [2.75, 3.05) is 14.2 Å². The summed E-state index contributed by atoms with van der Waals surface area (Å²) in [7, 11) is -0.291. The van der Waals surface area contributed by atoms with E-state index in [1.54, 1.807) is 31.7 Å². The fraction of sp³-hybridized carbons (Fsp3) is 0.419. The second-order valence-electron chi connectivity index (χ2n) is 10.5. The summed E-state index contributed by atoms with van der Waals surface area (Å²) in [4.78, 5) is 20.7. The molecule has 0 N–H and O–H groups in total. The molecule has 2 atom stereocenters. The van der Waals surface area contributed by atoms with Crippen LogP contribution in [-0.2, 0) is 16.4 Å². The van der Waals surface area contributed by atoms with E-state index in [0.717, 1.165) is 61.0 Å². The van der Waals surface area contributed by atoms with Gasteiger partial charge in [-0.25, -0.2) is 13.4 Å². The Bertz CT molecular complexity index is 1520. The molecule has 1 fully saturated rings. The number of fused-ring (bicyclic) bond motifs is 1. The van der Waals surface area contributed by atoms with Gasteiger partial charge in [-0.05, 0) is 72.6 Å². The van der Waals surface area contributed by atoms with Crippen LogP contribution in [0, 0.1) is 12.3 Å². The van der Waals surface area contributed by atoms with Gasteiger partial charge in [0.1, 0.15) is 11.4 Å². The maximum Gasteiger partial charge on any atom is 0.274 e. The summed E-state index contributed by atoms with van der Waals surface area (Å²) in [6.07, 6.45) is 11.9. The Kier molecular flexibility index (Phi) is 8.31. The van der Waals surface area contributed by atoms with Crippen LogP contribution < -0.4 is 4.74 Å². The maximum atomic E-state index is 14.1. The Morgan fingerprint density at radius 1 is 1.23 bits per heavy atom. The molecule has 7 nitrogen and oxygen atoms in total. The van der Waals surface area contributed by atoms with Crippen LogP contribution in [-0.4, -0.2) is 54.8 Å². The standard InChI is InChI=1S/C31H35N3O4S2/c1-5-7-9-24-18-22-19-25(38-4)14-17-27(22)30(34(24)31(35)28-20-39-29(6-2)32-28)21-12-15-26(16-13-21)40(36,37)33(3)23-10-8-11-23/h2,12-17,19-20,23-24,30H,5,7-11,18H2,1,3-4H3/t24-,30-/m0/s1. The van der Waals surface area contributed by atoms with Gasteiger partial charge in [-0.2, -0.15) is 4.31 Å². The average Bonchev–Trinajstić information content (AvgIpc) is 3.43. The number of ether oxygens (including phenoxy) is 1. The monoisotopic (exact) mass is 577 g/mol. The first-order valence-corrected chi connectivity index (χ1v) is 16.1. The number of nitrogens with zero attached hydrogens (tertiary/aromatic N) is 3. The van der Waals surface area contributed by atoms with Gasteiger partial charge in [0, 0.05) is 24.5 Å². The summed E-state index contributed by atoms with van der Waals surface area (Å²) in [5.41, 5.74) is 3.30. The molecular formula is C31H35N3O4S2. The van der Waals surface area contributed by atoms with Crippen LogP contribution in [0.5, 0.6) is 5.75 Å². The zero-order chi connectivity index (χ0) is 28.4. The van der Waals surface area contributed by atoms with E-state index >= 15 is 0 Å². The van der Waals surface area contributed by atoms with E-state index in [1.807, 2.05) is 29.2 Å². The van der Waals surface area contributed by atoms with Crippen LogP contribution in [0.2, 0.25) is 0 Å². The number of sulfonamides is 1. The van der Waals surface area contributed by atoms with E-state index < -0.39 is 16.1 Å². The van der Waals surface area contributed by atoms with Gasteiger partial charge in [0.2, 0.25) is 10.0 Å². The molecule has 40 heavy (non-hydrogen) atoms. The Hall–Kier alpha value is -3.19. The lowest BCUT2D eigenvalue weighted by molar-refractivity contribution is 0.0561. The lowest BCUT2D eigenvalue weighted by atomic mass is 9.83. The highest BCUT2D eigenvalue weighted by Gasteiger charge is 2.40. The molecule has 0 spiro atoms. The second-order valence-corrected chi connectivity index (χ2v) is 13.4. The highest BCUT2D eigenvalue weighted by Crippen LogP contribution is 2.42. The van der Waals surface area contributed by atoms with Crippen molar-refractivity contribution in [3.05, 3.63) is 75.2 Å². The second kappa shape index (κ2) is 11.7. The molecule has 1 saturated carbocycles. The number of carbonyl (C=O) groups is 1. The number of hydrogen-bond acceptors (Lipinski definition) is 6. The van der Waals surface area contributed by atoms with E-state index in [0.29, 0.717) is 17.1 Å². The number of hydrogen-bond donors (Lipinski definition) is 0. The predicted octanol–water partition coefficient (Wildman–Crippen LogP) is 5.65. The summed E-state index contributed by atoms with van der Waals surface area (Å²) in [5, 5.41) is 2.19. The van der Waals surface area contributed by atoms with Crippen LogP contribution >= 0.6 is 11.3 Å². The zero-order valence-corrected chi connectivity index (χ0v) is 24.8. The maximum absolute atomic E-state index is 14.1. The van der Waals surface area contributed by atoms with E-state index in [1.165, 1.54) is 15.6 Å². The van der Waals surface area contributed by atoms with Crippen LogP contribution in [0.25, 0.3) is 0 Å². The number of terminal acetylenes is 1. The van der Waals surface area contributed by atoms with E-state index in [4.69, 9.17) is 11.2 Å². The van der Waals surface area contributed by atoms with Crippen LogP contribution in [0.3, 0.4) is 0 Å². The molecular weight excluding hydrogens is 542 g/mol. The number of benzene rings is 2. The number of amides is 1. The zero-order valence-electron chi connectivity index (χ0n) is 23.2. The van der Waals surface area contributed by atoms with E-state index in [2.05, 4.69) is 23.9 Å². The van der Waals surface area contributed by atoms with Gasteiger partial charge in [0.15, 0.2) is 5.01 Å². The van der Waals surface area contributed by atoms with Crippen molar-refractivity contribution in [2.24, 2.45) is 0 Å². The molecule has 2 aliphatic rings. The van der Waals surface area contributed by atoms with Gasteiger partial charge in [-0.15, -0.1) is 17.8 Å². The lowest BCUT2D eigenvalue weighted by Gasteiger charge is -2.43. The summed E-state index contributed by atoms with van der Waals surface area (Å²) < 4.78 is 33.6. The topological polar surface area (TPSA) is 79.8 Å². The molecule has 0 unspecified atom stereocenters. The third-order valence-corrected chi connectivity index (χ3v) is 10.9. The number of unbranched alkanes of at least 4 members (excludes halogenated alkanes) is 1. The minimum Gasteiger partial charge on any atom is -0.497 e. The number of aromatic nitrogens is 1. The SMILES string of the molecule is C#Cc1nc(C(=O)N2[C@@H](CCCC)Cc3cc(OC)ccc3[C@@H]2c2ccc(S(=O)(=O)N(C)C3CCC3)cc2)cs1. The summed E-state index contributed by atoms with van der Waals surface area (Å²) in [6.45, 7) is 2.14. The summed E-state index contributed by atoms with van der Waals surface area (Å²) in [5.74, 6) is 3.12. The Morgan fingerprint density at radius 2 is 1.98 bits per heavy atom. The highest BCUT2D eigenvalue weighted by atomic mass is 32.2. The van der Waals surface area contributed by atoms with Gasteiger partial charge in [-0.3, -0.25) is 4.79 Å². The van der Waals surface area contributed by atoms with Crippen molar-refractivity contribution in [1.29, 1.82) is 0 Å². The third kappa shape index (κ3) is 5.28. The molecule has 2 heterocycles. The van der Waals surface area contributed by atoms with E-state index in [-0.39, 0.29) is 22.9 Å². The lowest BCUT2D eigenvalue weighted by Crippen LogP contribution is -2.48. The Labute approximate surface area is 241 Å². The molecule has 1 aromatic heterocycles. The van der Waals surface area contributed by atoms with Crippen LogP contribution in [0.15, 0.2) is 52.7 Å². The quantitative estimate of drug-likeness (QED) is 0.307. The fourth-order valence-electron chi connectivity index (χ4n) is 5.68. The molecule has 1 aliphatic carbocycles. The normalized spacial score (nSPS) is 19.1. The van der Waals surface area contributed by atoms with Gasteiger partial charge < -0.3 is 9.64 Å². The van der Waals surface area contributed by atoms with Crippen LogP contribution in [0.4, 0.5) is 0 Å². The number of carbonyl (C=O) groups excluding carboxylic acids is 1. The van der Waals surface area contributed by atoms with Gasteiger partial charge in [0.25, 0.3) is 5.91 Å². The molecule has 1 amide bonds. The smallest absolute Gasteiger partial charge is 0.274 e. The molecule has 3 aromatic rings.